The highest BCUT2D eigenvalue weighted by atomic mass is 19.1. The van der Waals surface area contributed by atoms with Crippen molar-refractivity contribution in [3.63, 3.8) is 0 Å². The van der Waals surface area contributed by atoms with Gasteiger partial charge in [-0.05, 0) is 22.4 Å². The number of hydrogen-bond acceptors (Lipinski definition) is 4. The molecule has 23 heavy (non-hydrogen) atoms. The second-order valence-corrected chi connectivity index (χ2v) is 5.00. The first-order chi connectivity index (χ1) is 11.2. The predicted octanol–water partition coefficient (Wildman–Crippen LogP) is 2.20. The van der Waals surface area contributed by atoms with E-state index >= 15 is 0 Å². The monoisotopic (exact) mass is 316 g/mol. The van der Waals surface area contributed by atoms with Gasteiger partial charge in [0.1, 0.15) is 11.6 Å². The van der Waals surface area contributed by atoms with Crippen LogP contribution in [0.1, 0.15) is 11.1 Å². The van der Waals surface area contributed by atoms with Gasteiger partial charge in [0.25, 0.3) is 0 Å². The number of aliphatic hydroxyl groups is 1. The molecule has 118 valence electrons. The van der Waals surface area contributed by atoms with Crippen molar-refractivity contribution in [3.05, 3.63) is 65.2 Å². The van der Waals surface area contributed by atoms with Gasteiger partial charge in [-0.1, -0.05) is 30.3 Å². The molecule has 0 radical (unpaired) electrons. The average molecular weight is 316 g/mol. The molecular formula is C16H14F2N4O. The molecule has 1 heterocycles. The fraction of sp³-hybridized carbons (Fsp3) is 0.188. The second kappa shape index (κ2) is 6.62. The van der Waals surface area contributed by atoms with Crippen LogP contribution in [-0.2, 0) is 13.0 Å². The number of halogens is 2. The third-order valence-electron chi connectivity index (χ3n) is 3.41. The molecular weight excluding hydrogens is 302 g/mol. The Bertz CT molecular complexity index is 819. The summed E-state index contributed by atoms with van der Waals surface area (Å²) in [5.74, 6) is -0.790. The normalized spacial score (nSPS) is 10.9. The topological polar surface area (TPSA) is 63.8 Å². The van der Waals surface area contributed by atoms with Crippen molar-refractivity contribution in [3.8, 4) is 11.4 Å². The highest BCUT2D eigenvalue weighted by Crippen LogP contribution is 2.23. The van der Waals surface area contributed by atoms with E-state index in [1.807, 2.05) is 24.3 Å². The van der Waals surface area contributed by atoms with Gasteiger partial charge in [0.2, 0.25) is 5.82 Å². The molecule has 0 saturated heterocycles. The van der Waals surface area contributed by atoms with Gasteiger partial charge in [0.05, 0.1) is 13.2 Å². The Morgan fingerprint density at radius 1 is 1.04 bits per heavy atom. The summed E-state index contributed by atoms with van der Waals surface area (Å²) in [6.07, 6.45) is 0.289. The van der Waals surface area contributed by atoms with Gasteiger partial charge >= 0.3 is 0 Å². The van der Waals surface area contributed by atoms with Crippen molar-refractivity contribution in [2.75, 3.05) is 6.61 Å². The van der Waals surface area contributed by atoms with E-state index in [-0.39, 0.29) is 19.6 Å². The molecule has 5 nitrogen and oxygen atoms in total. The van der Waals surface area contributed by atoms with Crippen LogP contribution in [0.2, 0.25) is 0 Å². The fourth-order valence-electron chi connectivity index (χ4n) is 2.30. The fourth-order valence-corrected chi connectivity index (χ4v) is 2.30. The van der Waals surface area contributed by atoms with Crippen molar-refractivity contribution in [2.45, 2.75) is 13.0 Å². The first kappa shape index (κ1) is 15.2. The van der Waals surface area contributed by atoms with E-state index in [9.17, 15) is 8.78 Å². The minimum absolute atomic E-state index is 0.0851. The Hall–Kier alpha value is -2.67. The number of nitrogens with zero attached hydrogens (tertiary/aromatic N) is 4. The lowest BCUT2D eigenvalue weighted by Gasteiger charge is -2.07. The summed E-state index contributed by atoms with van der Waals surface area (Å²) in [4.78, 5) is 1.30. The van der Waals surface area contributed by atoms with Crippen molar-refractivity contribution in [1.29, 1.82) is 0 Å². The minimum Gasteiger partial charge on any atom is -0.394 e. The number of benzene rings is 2. The van der Waals surface area contributed by atoms with Crippen molar-refractivity contribution in [1.82, 2.24) is 20.2 Å². The number of hydrogen-bond donors (Lipinski definition) is 1. The SMILES string of the molecule is OCCn1nnc(-c2ccccc2Cc2ccc(F)cc2F)n1. The van der Waals surface area contributed by atoms with E-state index in [0.29, 0.717) is 11.4 Å². The molecule has 1 aromatic heterocycles. The zero-order valence-electron chi connectivity index (χ0n) is 12.2. The number of aliphatic hydroxyl groups excluding tert-OH is 1. The second-order valence-electron chi connectivity index (χ2n) is 5.00. The lowest BCUT2D eigenvalue weighted by Crippen LogP contribution is -2.05. The molecule has 0 aliphatic carbocycles. The first-order valence-electron chi connectivity index (χ1n) is 7.08. The van der Waals surface area contributed by atoms with Gasteiger partial charge in [0, 0.05) is 18.1 Å². The van der Waals surface area contributed by atoms with E-state index in [2.05, 4.69) is 15.4 Å². The lowest BCUT2D eigenvalue weighted by atomic mass is 9.99. The Morgan fingerprint density at radius 2 is 1.87 bits per heavy atom. The smallest absolute Gasteiger partial charge is 0.205 e. The Balaban J connectivity index is 1.93. The molecule has 0 aliphatic rings. The summed E-state index contributed by atoms with van der Waals surface area (Å²) in [5.41, 5.74) is 1.92. The maximum Gasteiger partial charge on any atom is 0.205 e. The summed E-state index contributed by atoms with van der Waals surface area (Å²) in [7, 11) is 0. The van der Waals surface area contributed by atoms with Gasteiger partial charge in [-0.3, -0.25) is 0 Å². The van der Waals surface area contributed by atoms with E-state index in [4.69, 9.17) is 5.11 Å². The van der Waals surface area contributed by atoms with Crippen LogP contribution in [0.3, 0.4) is 0 Å². The number of tetrazole rings is 1. The lowest BCUT2D eigenvalue weighted by molar-refractivity contribution is 0.259. The maximum absolute atomic E-state index is 13.9. The van der Waals surface area contributed by atoms with Crippen LogP contribution >= 0.6 is 0 Å². The third-order valence-corrected chi connectivity index (χ3v) is 3.41. The molecule has 0 unspecified atom stereocenters. The Morgan fingerprint density at radius 3 is 2.65 bits per heavy atom. The Labute approximate surface area is 131 Å². The summed E-state index contributed by atoms with van der Waals surface area (Å²) in [6, 6.07) is 10.8. The molecule has 1 N–H and O–H groups in total. The van der Waals surface area contributed by atoms with Crippen LogP contribution in [0.15, 0.2) is 42.5 Å². The van der Waals surface area contributed by atoms with Crippen molar-refractivity contribution < 1.29 is 13.9 Å². The maximum atomic E-state index is 13.9. The van der Waals surface area contributed by atoms with Gasteiger partial charge < -0.3 is 5.11 Å². The van der Waals surface area contributed by atoms with Crippen molar-refractivity contribution >= 4 is 0 Å². The van der Waals surface area contributed by atoms with Crippen LogP contribution in [0.4, 0.5) is 8.78 Å². The first-order valence-corrected chi connectivity index (χ1v) is 7.08. The largest absolute Gasteiger partial charge is 0.394 e. The molecule has 3 rings (SSSR count). The van der Waals surface area contributed by atoms with E-state index in [1.165, 1.54) is 16.9 Å². The molecule has 0 fully saturated rings. The number of rotatable bonds is 5. The van der Waals surface area contributed by atoms with Crippen LogP contribution in [0.5, 0.6) is 0 Å². The van der Waals surface area contributed by atoms with Crippen LogP contribution in [0.25, 0.3) is 11.4 Å². The van der Waals surface area contributed by atoms with Gasteiger partial charge in [-0.15, -0.1) is 10.2 Å². The summed E-state index contributed by atoms with van der Waals surface area (Å²) in [6.45, 7) is 0.167. The average Bonchev–Trinajstić information content (AvgIpc) is 2.99. The highest BCUT2D eigenvalue weighted by molar-refractivity contribution is 5.60. The van der Waals surface area contributed by atoms with Crippen LogP contribution < -0.4 is 0 Å². The standard InChI is InChI=1S/C16H14F2N4O/c17-13-6-5-12(15(18)10-13)9-11-3-1-2-4-14(11)16-19-21-22(20-16)7-8-23/h1-6,10,23H,7-9H2. The Kier molecular flexibility index (Phi) is 4.38. The zero-order chi connectivity index (χ0) is 16.2. The molecule has 7 heteroatoms. The highest BCUT2D eigenvalue weighted by Gasteiger charge is 2.13. The predicted molar refractivity (Wildman–Crippen MR) is 79.5 cm³/mol. The molecule has 3 aromatic rings. The van der Waals surface area contributed by atoms with Gasteiger partial charge in [0.15, 0.2) is 0 Å². The third kappa shape index (κ3) is 3.40. The van der Waals surface area contributed by atoms with E-state index in [0.717, 1.165) is 17.2 Å². The molecule has 0 atom stereocenters. The van der Waals surface area contributed by atoms with Gasteiger partial charge in [-0.2, -0.15) is 4.80 Å². The summed E-state index contributed by atoms with van der Waals surface area (Å²) < 4.78 is 26.9. The van der Waals surface area contributed by atoms with Crippen molar-refractivity contribution in [2.24, 2.45) is 0 Å². The van der Waals surface area contributed by atoms with E-state index in [1.54, 1.807) is 0 Å². The van der Waals surface area contributed by atoms with E-state index < -0.39 is 11.6 Å². The van der Waals surface area contributed by atoms with Crippen LogP contribution in [-0.4, -0.2) is 31.9 Å². The van der Waals surface area contributed by atoms with Gasteiger partial charge in [-0.25, -0.2) is 8.78 Å². The quantitative estimate of drug-likeness (QED) is 0.784. The summed E-state index contributed by atoms with van der Waals surface area (Å²) in [5, 5.41) is 20.9. The molecule has 0 saturated carbocycles. The molecule has 0 bridgehead atoms. The molecule has 0 spiro atoms. The zero-order valence-corrected chi connectivity index (χ0v) is 12.2. The van der Waals surface area contributed by atoms with Crippen LogP contribution in [0, 0.1) is 11.6 Å². The molecule has 0 amide bonds. The number of aromatic nitrogens is 4. The molecule has 2 aromatic carbocycles. The summed E-state index contributed by atoms with van der Waals surface area (Å²) >= 11 is 0. The minimum atomic E-state index is -0.604. The molecule has 0 aliphatic heterocycles.